The molecule has 2 fully saturated rings. The van der Waals surface area contributed by atoms with Gasteiger partial charge in [-0.1, -0.05) is 30.3 Å². The van der Waals surface area contributed by atoms with E-state index in [1.165, 1.54) is 32.4 Å². The molecule has 2 saturated heterocycles. The highest BCUT2D eigenvalue weighted by Gasteiger charge is 2.30. The van der Waals surface area contributed by atoms with E-state index in [1.807, 2.05) is 18.2 Å². The van der Waals surface area contributed by atoms with Crippen molar-refractivity contribution in [3.05, 3.63) is 35.9 Å². The van der Waals surface area contributed by atoms with Gasteiger partial charge in [-0.3, -0.25) is 4.90 Å². The molecule has 2 unspecified atom stereocenters. The van der Waals surface area contributed by atoms with Crippen molar-refractivity contribution in [3.63, 3.8) is 0 Å². The first-order valence-electron chi connectivity index (χ1n) is 7.78. The second-order valence-electron chi connectivity index (χ2n) is 6.04. The number of rotatable bonds is 4. The van der Waals surface area contributed by atoms with Crippen LogP contribution < -0.4 is 0 Å². The second-order valence-corrected chi connectivity index (χ2v) is 6.04. The predicted octanol–water partition coefficient (Wildman–Crippen LogP) is 2.46. The number of hydrogen-bond acceptors (Lipinski definition) is 3. The maximum absolute atomic E-state index is 9.43. The first-order valence-corrected chi connectivity index (χ1v) is 7.78. The molecule has 0 N–H and O–H groups in total. The highest BCUT2D eigenvalue weighted by molar-refractivity contribution is 5.25. The summed E-state index contributed by atoms with van der Waals surface area (Å²) >= 11 is 0. The zero-order valence-corrected chi connectivity index (χ0v) is 12.0. The SMILES string of the molecule is N#CC(CN1CCC(N2CCCC2)C1)c1ccccc1. The molecule has 2 heterocycles. The monoisotopic (exact) mass is 269 g/mol. The molecular formula is C17H23N3. The number of nitrogens with zero attached hydrogens (tertiary/aromatic N) is 3. The Morgan fingerprint density at radius 1 is 1.15 bits per heavy atom. The molecule has 1 aromatic rings. The van der Waals surface area contributed by atoms with Crippen LogP contribution in [0, 0.1) is 11.3 Å². The summed E-state index contributed by atoms with van der Waals surface area (Å²) in [5, 5.41) is 9.43. The molecular weight excluding hydrogens is 246 g/mol. The Kier molecular flexibility index (Phi) is 4.34. The summed E-state index contributed by atoms with van der Waals surface area (Å²) in [4.78, 5) is 5.12. The molecule has 0 aliphatic carbocycles. The van der Waals surface area contributed by atoms with Crippen molar-refractivity contribution in [1.82, 2.24) is 9.80 Å². The van der Waals surface area contributed by atoms with Gasteiger partial charge in [0.25, 0.3) is 0 Å². The van der Waals surface area contributed by atoms with Gasteiger partial charge in [-0.2, -0.15) is 5.26 Å². The van der Waals surface area contributed by atoms with Crippen LogP contribution in [-0.4, -0.2) is 48.6 Å². The molecule has 0 aromatic heterocycles. The van der Waals surface area contributed by atoms with Gasteiger partial charge in [-0.05, 0) is 44.5 Å². The smallest absolute Gasteiger partial charge is 0.0839 e. The summed E-state index contributed by atoms with van der Waals surface area (Å²) in [6.07, 6.45) is 4.00. The quantitative estimate of drug-likeness (QED) is 0.841. The Hall–Kier alpha value is -1.37. The minimum atomic E-state index is 0.00790. The molecule has 3 heteroatoms. The Labute approximate surface area is 121 Å². The normalized spacial score (nSPS) is 25.6. The number of nitriles is 1. The molecule has 2 aliphatic rings. The van der Waals surface area contributed by atoms with Gasteiger partial charge in [-0.25, -0.2) is 0 Å². The molecule has 2 aliphatic heterocycles. The van der Waals surface area contributed by atoms with Crippen molar-refractivity contribution in [1.29, 1.82) is 5.26 Å². The summed E-state index contributed by atoms with van der Waals surface area (Å²) < 4.78 is 0. The number of likely N-dealkylation sites (tertiary alicyclic amines) is 2. The maximum Gasteiger partial charge on any atom is 0.0839 e. The van der Waals surface area contributed by atoms with Crippen LogP contribution in [0.25, 0.3) is 0 Å². The lowest BCUT2D eigenvalue weighted by molar-refractivity contribution is 0.231. The average Bonchev–Trinajstić information content (AvgIpc) is 3.16. The molecule has 1 aromatic carbocycles. The minimum absolute atomic E-state index is 0.00790. The van der Waals surface area contributed by atoms with E-state index in [1.54, 1.807) is 0 Å². The molecule has 0 spiro atoms. The summed E-state index contributed by atoms with van der Waals surface area (Å²) in [5.74, 6) is 0.00790. The third-order valence-electron chi connectivity index (χ3n) is 4.70. The molecule has 3 rings (SSSR count). The van der Waals surface area contributed by atoms with Crippen molar-refractivity contribution in [3.8, 4) is 6.07 Å². The zero-order valence-electron chi connectivity index (χ0n) is 12.0. The van der Waals surface area contributed by atoms with Gasteiger partial charge in [-0.15, -0.1) is 0 Å². The van der Waals surface area contributed by atoms with Crippen molar-refractivity contribution >= 4 is 0 Å². The van der Waals surface area contributed by atoms with E-state index in [0.29, 0.717) is 0 Å². The van der Waals surface area contributed by atoms with E-state index < -0.39 is 0 Å². The third kappa shape index (κ3) is 3.03. The standard InChI is InChI=1S/C17H23N3/c18-12-16(15-6-2-1-3-7-15)13-19-11-8-17(14-19)20-9-4-5-10-20/h1-3,6-7,16-17H,4-5,8-11,13-14H2. The molecule has 0 bridgehead atoms. The average molecular weight is 269 g/mol. The summed E-state index contributed by atoms with van der Waals surface area (Å²) in [5.41, 5.74) is 1.15. The number of hydrogen-bond donors (Lipinski definition) is 0. The van der Waals surface area contributed by atoms with Gasteiger partial charge in [0.05, 0.1) is 12.0 Å². The van der Waals surface area contributed by atoms with Crippen molar-refractivity contribution in [2.75, 3.05) is 32.7 Å². The molecule has 106 valence electrons. The Bertz CT molecular complexity index is 459. The topological polar surface area (TPSA) is 30.3 Å². The van der Waals surface area contributed by atoms with Crippen LogP contribution in [0.5, 0.6) is 0 Å². The zero-order chi connectivity index (χ0) is 13.8. The predicted molar refractivity (Wildman–Crippen MR) is 80.4 cm³/mol. The van der Waals surface area contributed by atoms with Gasteiger partial charge in [0, 0.05) is 19.1 Å². The Morgan fingerprint density at radius 3 is 2.60 bits per heavy atom. The van der Waals surface area contributed by atoms with Gasteiger partial charge in [0.2, 0.25) is 0 Å². The maximum atomic E-state index is 9.43. The van der Waals surface area contributed by atoms with E-state index in [-0.39, 0.29) is 5.92 Å². The van der Waals surface area contributed by atoms with Gasteiger partial charge in [0.1, 0.15) is 0 Å². The van der Waals surface area contributed by atoms with Crippen LogP contribution in [0.3, 0.4) is 0 Å². The van der Waals surface area contributed by atoms with E-state index in [0.717, 1.165) is 31.2 Å². The molecule has 0 amide bonds. The van der Waals surface area contributed by atoms with Crippen LogP contribution >= 0.6 is 0 Å². The lowest BCUT2D eigenvalue weighted by Crippen LogP contribution is -2.36. The van der Waals surface area contributed by atoms with E-state index in [9.17, 15) is 5.26 Å². The van der Waals surface area contributed by atoms with Crippen molar-refractivity contribution < 1.29 is 0 Å². The highest BCUT2D eigenvalue weighted by Crippen LogP contribution is 2.23. The van der Waals surface area contributed by atoms with Crippen LogP contribution in [0.2, 0.25) is 0 Å². The van der Waals surface area contributed by atoms with E-state index in [2.05, 4.69) is 28.0 Å². The van der Waals surface area contributed by atoms with Crippen LogP contribution in [-0.2, 0) is 0 Å². The van der Waals surface area contributed by atoms with Crippen LogP contribution in [0.1, 0.15) is 30.7 Å². The summed E-state index contributed by atoms with van der Waals surface area (Å²) in [7, 11) is 0. The summed E-state index contributed by atoms with van der Waals surface area (Å²) in [6, 6.07) is 13.4. The van der Waals surface area contributed by atoms with Gasteiger partial charge < -0.3 is 4.90 Å². The lowest BCUT2D eigenvalue weighted by Gasteiger charge is -2.24. The second kappa shape index (κ2) is 6.39. The summed E-state index contributed by atoms with van der Waals surface area (Å²) in [6.45, 7) is 5.72. The van der Waals surface area contributed by atoms with Crippen LogP contribution in [0.4, 0.5) is 0 Å². The fourth-order valence-corrected chi connectivity index (χ4v) is 3.55. The fourth-order valence-electron chi connectivity index (χ4n) is 3.55. The van der Waals surface area contributed by atoms with Gasteiger partial charge in [0.15, 0.2) is 0 Å². The molecule has 3 nitrogen and oxygen atoms in total. The Balaban J connectivity index is 1.57. The largest absolute Gasteiger partial charge is 0.300 e. The first-order chi connectivity index (χ1) is 9.86. The van der Waals surface area contributed by atoms with E-state index >= 15 is 0 Å². The molecule has 0 saturated carbocycles. The molecule has 0 radical (unpaired) electrons. The first kappa shape index (κ1) is 13.6. The number of benzene rings is 1. The third-order valence-corrected chi connectivity index (χ3v) is 4.70. The highest BCUT2D eigenvalue weighted by atomic mass is 15.3. The molecule has 20 heavy (non-hydrogen) atoms. The van der Waals surface area contributed by atoms with Crippen LogP contribution in [0.15, 0.2) is 30.3 Å². The fraction of sp³-hybridized carbons (Fsp3) is 0.588. The molecule has 2 atom stereocenters. The van der Waals surface area contributed by atoms with Crippen molar-refractivity contribution in [2.24, 2.45) is 0 Å². The van der Waals surface area contributed by atoms with Crippen molar-refractivity contribution in [2.45, 2.75) is 31.2 Å². The lowest BCUT2D eigenvalue weighted by atomic mass is 10.0. The van der Waals surface area contributed by atoms with E-state index in [4.69, 9.17) is 0 Å². The minimum Gasteiger partial charge on any atom is -0.300 e. The van der Waals surface area contributed by atoms with Gasteiger partial charge >= 0.3 is 0 Å². The Morgan fingerprint density at radius 2 is 1.90 bits per heavy atom.